The van der Waals surface area contributed by atoms with Crippen LogP contribution < -0.4 is 9.80 Å². The highest BCUT2D eigenvalue weighted by atomic mass is 32.1. The first-order chi connectivity index (χ1) is 13.3. The van der Waals surface area contributed by atoms with Crippen LogP contribution in [0.1, 0.15) is 37.9 Å². The molecular weight excluding hydrogens is 356 g/mol. The Balaban J connectivity index is 0.000000872. The largest absolute Gasteiger partial charge is 0.357 e. The van der Waals surface area contributed by atoms with Crippen LogP contribution in [0.3, 0.4) is 0 Å². The van der Waals surface area contributed by atoms with E-state index in [1.807, 2.05) is 36.4 Å². The lowest BCUT2D eigenvalue weighted by atomic mass is 10.3. The SMILES string of the molecule is C=C1c2nn(-c3ccc(N4CCCC4)nc3)cc2CN1c1cncs1.CC. The van der Waals surface area contributed by atoms with Gasteiger partial charge in [-0.05, 0) is 25.0 Å². The molecule has 5 rings (SSSR count). The van der Waals surface area contributed by atoms with Crippen LogP contribution >= 0.6 is 11.3 Å². The standard InChI is InChI=1S/C18H18N6S.C2H6/c1-13-18-14(10-23(13)17-9-19-12-25-17)11-24(21-18)15-4-5-16(20-8-15)22-6-2-3-7-22;1-2/h4-5,8-9,11-12H,1-3,6-7,10H2;1-2H3. The van der Waals surface area contributed by atoms with Crippen molar-refractivity contribution in [3.05, 3.63) is 54.1 Å². The van der Waals surface area contributed by atoms with Gasteiger partial charge in [-0.1, -0.05) is 20.4 Å². The van der Waals surface area contributed by atoms with E-state index in [2.05, 4.69) is 44.7 Å². The normalized spacial score (nSPS) is 15.7. The van der Waals surface area contributed by atoms with Gasteiger partial charge in [0.1, 0.15) is 16.5 Å². The minimum Gasteiger partial charge on any atom is -0.357 e. The van der Waals surface area contributed by atoms with E-state index in [1.165, 1.54) is 18.4 Å². The smallest absolute Gasteiger partial charge is 0.128 e. The first kappa shape index (κ1) is 17.7. The molecule has 1 saturated heterocycles. The Hall–Kier alpha value is -2.67. The van der Waals surface area contributed by atoms with Gasteiger partial charge in [0.05, 0.1) is 35.8 Å². The van der Waals surface area contributed by atoms with Crippen LogP contribution in [-0.2, 0) is 6.54 Å². The van der Waals surface area contributed by atoms with Gasteiger partial charge in [-0.25, -0.2) is 9.67 Å². The lowest BCUT2D eigenvalue weighted by molar-refractivity contribution is 0.854. The second kappa shape index (κ2) is 7.52. The molecule has 5 heterocycles. The maximum atomic E-state index is 4.74. The summed E-state index contributed by atoms with van der Waals surface area (Å²) in [5, 5.41) is 5.84. The second-order valence-corrected chi connectivity index (χ2v) is 7.25. The molecule has 2 aliphatic rings. The quantitative estimate of drug-likeness (QED) is 0.676. The van der Waals surface area contributed by atoms with Crippen molar-refractivity contribution < 1.29 is 0 Å². The number of hydrogen-bond acceptors (Lipinski definition) is 6. The molecular formula is C20H24N6S. The highest BCUT2D eigenvalue weighted by Crippen LogP contribution is 2.36. The van der Waals surface area contributed by atoms with Crippen LogP contribution in [0.5, 0.6) is 0 Å². The third kappa shape index (κ3) is 3.23. The molecule has 0 amide bonds. The number of fused-ring (bicyclic) bond motifs is 1. The molecule has 0 aliphatic carbocycles. The zero-order valence-corrected chi connectivity index (χ0v) is 16.6. The van der Waals surface area contributed by atoms with E-state index in [0.717, 1.165) is 47.5 Å². The zero-order chi connectivity index (χ0) is 18.8. The Morgan fingerprint density at radius 1 is 1.11 bits per heavy atom. The molecule has 6 nitrogen and oxygen atoms in total. The van der Waals surface area contributed by atoms with Gasteiger partial charge in [0.15, 0.2) is 0 Å². The fourth-order valence-corrected chi connectivity index (χ4v) is 4.15. The molecule has 0 spiro atoms. The Morgan fingerprint density at radius 3 is 2.56 bits per heavy atom. The van der Waals surface area contributed by atoms with Crippen molar-refractivity contribution in [2.75, 3.05) is 22.9 Å². The number of thiazole rings is 1. The third-order valence-corrected chi connectivity index (χ3v) is 5.62. The van der Waals surface area contributed by atoms with Crippen LogP contribution in [0, 0.1) is 0 Å². The maximum Gasteiger partial charge on any atom is 0.128 e. The van der Waals surface area contributed by atoms with E-state index in [1.54, 1.807) is 11.3 Å². The first-order valence-electron chi connectivity index (χ1n) is 9.45. The van der Waals surface area contributed by atoms with Crippen molar-refractivity contribution in [1.29, 1.82) is 0 Å². The molecule has 1 fully saturated rings. The number of hydrogen-bond donors (Lipinski definition) is 0. The van der Waals surface area contributed by atoms with Gasteiger partial charge in [-0.3, -0.25) is 4.98 Å². The highest BCUT2D eigenvalue weighted by Gasteiger charge is 2.28. The van der Waals surface area contributed by atoms with Crippen LogP contribution in [0.15, 0.2) is 42.8 Å². The predicted molar refractivity (Wildman–Crippen MR) is 111 cm³/mol. The molecule has 3 aromatic rings. The van der Waals surface area contributed by atoms with Crippen molar-refractivity contribution in [1.82, 2.24) is 19.7 Å². The average Bonchev–Trinajstić information content (AvgIpc) is 3.50. The molecule has 27 heavy (non-hydrogen) atoms. The lowest BCUT2D eigenvalue weighted by Gasteiger charge is -2.17. The summed E-state index contributed by atoms with van der Waals surface area (Å²) in [4.78, 5) is 13.3. The van der Waals surface area contributed by atoms with Crippen molar-refractivity contribution in [3.63, 3.8) is 0 Å². The Labute approximate surface area is 163 Å². The van der Waals surface area contributed by atoms with Crippen LogP contribution in [0.4, 0.5) is 10.8 Å². The molecule has 0 atom stereocenters. The zero-order valence-electron chi connectivity index (χ0n) is 15.8. The Bertz CT molecular complexity index is 907. The number of nitrogens with zero attached hydrogens (tertiary/aromatic N) is 6. The van der Waals surface area contributed by atoms with Crippen LogP contribution in [-0.4, -0.2) is 32.8 Å². The van der Waals surface area contributed by atoms with Gasteiger partial charge in [0, 0.05) is 24.8 Å². The van der Waals surface area contributed by atoms with E-state index in [9.17, 15) is 0 Å². The summed E-state index contributed by atoms with van der Waals surface area (Å²) in [5.74, 6) is 1.06. The molecule has 3 aromatic heterocycles. The first-order valence-corrected chi connectivity index (χ1v) is 10.3. The van der Waals surface area contributed by atoms with Gasteiger partial charge in [-0.2, -0.15) is 5.10 Å². The Kier molecular flexibility index (Phi) is 4.94. The average molecular weight is 381 g/mol. The van der Waals surface area contributed by atoms with Crippen molar-refractivity contribution in [2.24, 2.45) is 0 Å². The number of anilines is 2. The minimum absolute atomic E-state index is 0.787. The molecule has 0 aromatic carbocycles. The Morgan fingerprint density at radius 2 is 1.93 bits per heavy atom. The van der Waals surface area contributed by atoms with E-state index in [-0.39, 0.29) is 0 Å². The summed E-state index contributed by atoms with van der Waals surface area (Å²) in [6.07, 6.45) is 8.37. The highest BCUT2D eigenvalue weighted by molar-refractivity contribution is 7.13. The van der Waals surface area contributed by atoms with Crippen molar-refractivity contribution >= 4 is 27.9 Å². The molecule has 0 unspecified atom stereocenters. The van der Waals surface area contributed by atoms with Crippen molar-refractivity contribution in [2.45, 2.75) is 33.2 Å². The minimum atomic E-state index is 0.787. The van der Waals surface area contributed by atoms with E-state index in [0.29, 0.717) is 0 Å². The van der Waals surface area contributed by atoms with Gasteiger partial charge >= 0.3 is 0 Å². The molecule has 140 valence electrons. The summed E-state index contributed by atoms with van der Waals surface area (Å²) in [5.41, 5.74) is 5.89. The van der Waals surface area contributed by atoms with E-state index in [4.69, 9.17) is 5.10 Å². The molecule has 0 N–H and O–H groups in total. The molecule has 0 radical (unpaired) electrons. The van der Waals surface area contributed by atoms with Crippen LogP contribution in [0.25, 0.3) is 11.4 Å². The lowest BCUT2D eigenvalue weighted by Crippen LogP contribution is -2.18. The topological polar surface area (TPSA) is 50.1 Å². The molecule has 2 aliphatic heterocycles. The fourth-order valence-electron chi connectivity index (χ4n) is 3.49. The fraction of sp³-hybridized carbons (Fsp3) is 0.350. The summed E-state index contributed by atoms with van der Waals surface area (Å²) in [6, 6.07) is 4.18. The summed E-state index contributed by atoms with van der Waals surface area (Å²) < 4.78 is 1.90. The number of aromatic nitrogens is 4. The molecule has 7 heteroatoms. The van der Waals surface area contributed by atoms with Crippen molar-refractivity contribution in [3.8, 4) is 5.69 Å². The maximum absolute atomic E-state index is 4.74. The third-order valence-electron chi connectivity index (χ3n) is 4.83. The second-order valence-electron chi connectivity index (χ2n) is 6.39. The predicted octanol–water partition coefficient (Wildman–Crippen LogP) is 4.34. The number of pyridine rings is 1. The summed E-state index contributed by atoms with van der Waals surface area (Å²) in [7, 11) is 0. The monoisotopic (exact) mass is 380 g/mol. The summed E-state index contributed by atoms with van der Waals surface area (Å²) >= 11 is 1.62. The van der Waals surface area contributed by atoms with Gasteiger partial charge in [0.25, 0.3) is 0 Å². The molecule has 0 bridgehead atoms. The number of rotatable bonds is 3. The molecule has 0 saturated carbocycles. The van der Waals surface area contributed by atoms with Gasteiger partial charge < -0.3 is 9.80 Å². The summed E-state index contributed by atoms with van der Waals surface area (Å²) in [6.45, 7) is 11.2. The van der Waals surface area contributed by atoms with Crippen LogP contribution in [0.2, 0.25) is 0 Å². The van der Waals surface area contributed by atoms with Gasteiger partial charge in [0.2, 0.25) is 0 Å². The van der Waals surface area contributed by atoms with Gasteiger partial charge in [-0.15, -0.1) is 11.3 Å². The van der Waals surface area contributed by atoms with E-state index >= 15 is 0 Å². The van der Waals surface area contributed by atoms with E-state index < -0.39 is 0 Å².